The molecule has 0 saturated carbocycles. The van der Waals surface area contributed by atoms with E-state index in [0.717, 1.165) is 12.5 Å². The summed E-state index contributed by atoms with van der Waals surface area (Å²) in [6.07, 6.45) is 5.29. The fourth-order valence-electron chi connectivity index (χ4n) is 1.18. The molecule has 0 aliphatic rings. The van der Waals surface area contributed by atoms with E-state index >= 15 is 0 Å². The van der Waals surface area contributed by atoms with Crippen molar-refractivity contribution in [3.05, 3.63) is 0 Å². The van der Waals surface area contributed by atoms with E-state index in [2.05, 4.69) is 26.9 Å². The Morgan fingerprint density at radius 2 is 1.92 bits per heavy atom. The van der Waals surface area contributed by atoms with Gasteiger partial charge in [0.1, 0.15) is 0 Å². The molecule has 0 N–H and O–H groups in total. The number of rotatable bonds is 7. The predicted octanol–water partition coefficient (Wildman–Crippen LogP) is 3.47. The monoisotopic (exact) mass is 187 g/mol. The molecule has 1 radical (unpaired) electrons. The van der Waals surface area contributed by atoms with Gasteiger partial charge in [-0.25, -0.2) is 0 Å². The second-order valence-electron chi connectivity index (χ2n) is 3.64. The molecule has 0 aromatic rings. The molecule has 0 rings (SSSR count). The smallest absolute Gasteiger partial charge is 0.204 e. The summed E-state index contributed by atoms with van der Waals surface area (Å²) in [5.41, 5.74) is 0. The first-order valence-electron chi connectivity index (χ1n) is 5.13. The third-order valence-corrected chi connectivity index (χ3v) is 2.90. The van der Waals surface area contributed by atoms with Gasteiger partial charge in [-0.3, -0.25) is 0 Å². The fourth-order valence-corrected chi connectivity index (χ4v) is 1.75. The summed E-state index contributed by atoms with van der Waals surface area (Å²) in [7, 11) is -0.464. The first-order valence-corrected chi connectivity index (χ1v) is 7.54. The summed E-state index contributed by atoms with van der Waals surface area (Å²) in [6, 6.07) is 0. The molecule has 1 nitrogen and oxygen atoms in total. The van der Waals surface area contributed by atoms with Crippen molar-refractivity contribution in [2.24, 2.45) is 5.92 Å². The second kappa shape index (κ2) is 7.81. The average molecular weight is 187 g/mol. The van der Waals surface area contributed by atoms with Crippen LogP contribution in [0.25, 0.3) is 0 Å². The SMILES string of the molecule is CCCCC(CC)CO[Si](C)C. The van der Waals surface area contributed by atoms with Crippen LogP contribution >= 0.6 is 0 Å². The molecule has 12 heavy (non-hydrogen) atoms. The molecule has 0 amide bonds. The molecule has 0 spiro atoms. The van der Waals surface area contributed by atoms with Crippen LogP contribution in [0.3, 0.4) is 0 Å². The van der Waals surface area contributed by atoms with Gasteiger partial charge in [-0.05, 0) is 25.4 Å². The molecular formula is C10H23OSi. The van der Waals surface area contributed by atoms with Crippen LogP contribution in [-0.2, 0) is 4.43 Å². The van der Waals surface area contributed by atoms with Crippen LogP contribution < -0.4 is 0 Å². The zero-order valence-corrected chi connectivity index (χ0v) is 10.0. The summed E-state index contributed by atoms with van der Waals surface area (Å²) >= 11 is 0. The highest BCUT2D eigenvalue weighted by molar-refractivity contribution is 6.48. The van der Waals surface area contributed by atoms with Gasteiger partial charge in [0.25, 0.3) is 0 Å². The molecule has 0 heterocycles. The molecule has 1 unspecified atom stereocenters. The lowest BCUT2D eigenvalue weighted by molar-refractivity contribution is 0.237. The van der Waals surface area contributed by atoms with Crippen LogP contribution in [0, 0.1) is 5.92 Å². The van der Waals surface area contributed by atoms with Gasteiger partial charge in [-0.2, -0.15) is 0 Å². The zero-order chi connectivity index (χ0) is 9.40. The van der Waals surface area contributed by atoms with Gasteiger partial charge in [0, 0.05) is 6.61 Å². The van der Waals surface area contributed by atoms with Gasteiger partial charge in [-0.15, -0.1) is 0 Å². The largest absolute Gasteiger partial charge is 0.417 e. The molecule has 73 valence electrons. The maximum absolute atomic E-state index is 5.69. The van der Waals surface area contributed by atoms with Crippen molar-refractivity contribution in [2.75, 3.05) is 6.61 Å². The minimum atomic E-state index is -0.464. The topological polar surface area (TPSA) is 9.23 Å². The van der Waals surface area contributed by atoms with Gasteiger partial charge >= 0.3 is 0 Å². The van der Waals surface area contributed by atoms with Crippen LogP contribution in [0.15, 0.2) is 0 Å². The minimum absolute atomic E-state index is 0.464. The van der Waals surface area contributed by atoms with Crippen molar-refractivity contribution in [2.45, 2.75) is 52.6 Å². The number of unbranched alkanes of at least 4 members (excludes halogenated alkanes) is 1. The third-order valence-electron chi connectivity index (χ3n) is 2.15. The molecule has 1 atom stereocenters. The zero-order valence-electron chi connectivity index (χ0n) is 9.02. The van der Waals surface area contributed by atoms with Crippen LogP contribution in [0.2, 0.25) is 13.1 Å². The Hall–Kier alpha value is 0.177. The summed E-state index contributed by atoms with van der Waals surface area (Å²) in [5, 5.41) is 0. The lowest BCUT2D eigenvalue weighted by Gasteiger charge is -2.15. The predicted molar refractivity (Wildman–Crippen MR) is 56.7 cm³/mol. The van der Waals surface area contributed by atoms with E-state index < -0.39 is 9.04 Å². The first-order chi connectivity index (χ1) is 5.70. The highest BCUT2D eigenvalue weighted by atomic mass is 28.3. The Balaban J connectivity index is 3.39. The molecule has 0 aliphatic heterocycles. The number of hydrogen-bond acceptors (Lipinski definition) is 1. The van der Waals surface area contributed by atoms with Crippen molar-refractivity contribution in [1.29, 1.82) is 0 Å². The molecular weight excluding hydrogens is 164 g/mol. The van der Waals surface area contributed by atoms with Gasteiger partial charge < -0.3 is 4.43 Å². The van der Waals surface area contributed by atoms with Crippen molar-refractivity contribution >= 4 is 9.04 Å². The van der Waals surface area contributed by atoms with Crippen molar-refractivity contribution in [1.82, 2.24) is 0 Å². The van der Waals surface area contributed by atoms with E-state index in [1.165, 1.54) is 25.7 Å². The summed E-state index contributed by atoms with van der Waals surface area (Å²) in [4.78, 5) is 0. The summed E-state index contributed by atoms with van der Waals surface area (Å²) in [6.45, 7) is 9.93. The molecule has 0 aliphatic carbocycles. The Morgan fingerprint density at radius 3 is 2.33 bits per heavy atom. The maximum Gasteiger partial charge on any atom is 0.204 e. The van der Waals surface area contributed by atoms with Crippen LogP contribution in [0.5, 0.6) is 0 Å². The van der Waals surface area contributed by atoms with E-state index in [9.17, 15) is 0 Å². The van der Waals surface area contributed by atoms with E-state index in [0.29, 0.717) is 0 Å². The molecule has 0 bridgehead atoms. The fraction of sp³-hybridized carbons (Fsp3) is 1.00. The Labute approximate surface area is 79.2 Å². The molecule has 0 aromatic heterocycles. The van der Waals surface area contributed by atoms with Crippen molar-refractivity contribution in [3.63, 3.8) is 0 Å². The van der Waals surface area contributed by atoms with Crippen molar-refractivity contribution in [3.8, 4) is 0 Å². The quantitative estimate of drug-likeness (QED) is 0.555. The molecule has 0 aromatic carbocycles. The van der Waals surface area contributed by atoms with E-state index in [4.69, 9.17) is 4.43 Å². The van der Waals surface area contributed by atoms with Crippen LogP contribution in [0.4, 0.5) is 0 Å². The van der Waals surface area contributed by atoms with Crippen molar-refractivity contribution < 1.29 is 4.43 Å². The Morgan fingerprint density at radius 1 is 1.25 bits per heavy atom. The summed E-state index contributed by atoms with van der Waals surface area (Å²) in [5.74, 6) is 0.810. The lowest BCUT2D eigenvalue weighted by atomic mass is 10.0. The third kappa shape index (κ3) is 6.86. The second-order valence-corrected chi connectivity index (χ2v) is 5.74. The van der Waals surface area contributed by atoms with Crippen LogP contribution in [-0.4, -0.2) is 15.6 Å². The first kappa shape index (κ1) is 12.2. The highest BCUT2D eigenvalue weighted by Gasteiger charge is 2.07. The number of hydrogen-bond donors (Lipinski definition) is 0. The van der Waals surface area contributed by atoms with E-state index in [-0.39, 0.29) is 0 Å². The van der Waals surface area contributed by atoms with Crippen LogP contribution in [0.1, 0.15) is 39.5 Å². The van der Waals surface area contributed by atoms with E-state index in [1.807, 2.05) is 0 Å². The van der Waals surface area contributed by atoms with E-state index in [1.54, 1.807) is 0 Å². The van der Waals surface area contributed by atoms with Gasteiger partial charge in [0.05, 0.1) is 0 Å². The van der Waals surface area contributed by atoms with Gasteiger partial charge in [0.2, 0.25) is 9.04 Å². The molecule has 2 heteroatoms. The minimum Gasteiger partial charge on any atom is -0.417 e. The van der Waals surface area contributed by atoms with Gasteiger partial charge in [0.15, 0.2) is 0 Å². The Kier molecular flexibility index (Phi) is 7.92. The molecule has 0 fully saturated rings. The maximum atomic E-state index is 5.69. The Bertz CT molecular complexity index is 93.8. The molecule has 0 saturated heterocycles. The standard InChI is InChI=1S/C10H23OSi/c1-5-7-8-10(6-2)9-11-12(3)4/h10H,5-9H2,1-4H3. The highest BCUT2D eigenvalue weighted by Crippen LogP contribution is 2.12. The summed E-state index contributed by atoms with van der Waals surface area (Å²) < 4.78 is 5.69. The average Bonchev–Trinajstić information content (AvgIpc) is 2.05. The lowest BCUT2D eigenvalue weighted by Crippen LogP contribution is -2.15. The normalized spacial score (nSPS) is 13.8. The van der Waals surface area contributed by atoms with Gasteiger partial charge in [-0.1, -0.05) is 33.1 Å².